The van der Waals surface area contributed by atoms with Crippen LogP contribution in [0.1, 0.15) is 17.0 Å². The second-order valence-electron chi connectivity index (χ2n) is 5.58. The predicted molar refractivity (Wildman–Crippen MR) is 91.6 cm³/mol. The standard InChI is InChI=1S/C18H19FN4O/c1-11-4-5-13(18-21-12(2)22-23-18)9-16(11)20-10-14-8-15(19)6-7-17(14)24-3/h4-9,20H,10H2,1-3H3,(H,21,22,23). The van der Waals surface area contributed by atoms with Gasteiger partial charge in [-0.05, 0) is 43.7 Å². The van der Waals surface area contributed by atoms with Crippen LogP contribution in [-0.4, -0.2) is 22.3 Å². The third-order valence-corrected chi connectivity index (χ3v) is 3.80. The third kappa shape index (κ3) is 3.37. The van der Waals surface area contributed by atoms with Crippen LogP contribution in [0.25, 0.3) is 11.4 Å². The number of aromatic nitrogens is 3. The molecule has 0 aliphatic rings. The van der Waals surface area contributed by atoms with Crippen molar-refractivity contribution in [3.63, 3.8) is 0 Å². The topological polar surface area (TPSA) is 62.8 Å². The Hall–Kier alpha value is -2.89. The van der Waals surface area contributed by atoms with Crippen LogP contribution < -0.4 is 10.1 Å². The maximum Gasteiger partial charge on any atom is 0.181 e. The molecule has 0 radical (unpaired) electrons. The number of aryl methyl sites for hydroxylation is 2. The summed E-state index contributed by atoms with van der Waals surface area (Å²) in [5, 5.41) is 10.4. The molecule has 0 saturated carbocycles. The van der Waals surface area contributed by atoms with Crippen LogP contribution in [0.2, 0.25) is 0 Å². The van der Waals surface area contributed by atoms with E-state index in [1.165, 1.54) is 12.1 Å². The molecule has 3 aromatic rings. The minimum absolute atomic E-state index is 0.283. The van der Waals surface area contributed by atoms with Crippen molar-refractivity contribution >= 4 is 5.69 Å². The average molecular weight is 326 g/mol. The fraction of sp³-hybridized carbons (Fsp3) is 0.222. The van der Waals surface area contributed by atoms with E-state index in [1.54, 1.807) is 13.2 Å². The molecule has 0 spiro atoms. The zero-order valence-electron chi connectivity index (χ0n) is 13.9. The highest BCUT2D eigenvalue weighted by molar-refractivity contribution is 5.65. The normalized spacial score (nSPS) is 10.7. The summed E-state index contributed by atoms with van der Waals surface area (Å²) in [6.07, 6.45) is 0. The van der Waals surface area contributed by atoms with Gasteiger partial charge in [0.05, 0.1) is 7.11 Å². The van der Waals surface area contributed by atoms with Gasteiger partial charge in [-0.2, -0.15) is 5.10 Å². The number of benzene rings is 2. The van der Waals surface area contributed by atoms with Crippen molar-refractivity contribution in [1.29, 1.82) is 0 Å². The van der Waals surface area contributed by atoms with Gasteiger partial charge in [0.2, 0.25) is 0 Å². The van der Waals surface area contributed by atoms with Gasteiger partial charge in [-0.3, -0.25) is 5.10 Å². The SMILES string of the molecule is COc1ccc(F)cc1CNc1cc(-c2n[nH]c(C)n2)ccc1C. The lowest BCUT2D eigenvalue weighted by Gasteiger charge is -2.13. The number of halogens is 1. The Balaban J connectivity index is 1.84. The maximum absolute atomic E-state index is 13.5. The summed E-state index contributed by atoms with van der Waals surface area (Å²) in [5.74, 6) is 1.79. The molecule has 3 rings (SSSR count). The predicted octanol–water partition coefficient (Wildman–Crippen LogP) is 3.85. The Morgan fingerprint density at radius 1 is 1.17 bits per heavy atom. The molecule has 5 nitrogen and oxygen atoms in total. The lowest BCUT2D eigenvalue weighted by atomic mass is 10.1. The van der Waals surface area contributed by atoms with Crippen molar-refractivity contribution in [2.45, 2.75) is 20.4 Å². The van der Waals surface area contributed by atoms with Gasteiger partial charge in [0.25, 0.3) is 0 Å². The molecule has 0 amide bonds. The number of nitrogens with one attached hydrogen (secondary N) is 2. The van der Waals surface area contributed by atoms with Crippen molar-refractivity contribution in [2.75, 3.05) is 12.4 Å². The van der Waals surface area contributed by atoms with E-state index >= 15 is 0 Å². The molecule has 0 aliphatic carbocycles. The summed E-state index contributed by atoms with van der Waals surface area (Å²) >= 11 is 0. The fourth-order valence-corrected chi connectivity index (χ4v) is 2.50. The summed E-state index contributed by atoms with van der Waals surface area (Å²) in [4.78, 5) is 4.34. The van der Waals surface area contributed by atoms with Crippen molar-refractivity contribution in [3.05, 3.63) is 59.2 Å². The van der Waals surface area contributed by atoms with Crippen LogP contribution in [-0.2, 0) is 6.54 Å². The Morgan fingerprint density at radius 3 is 2.71 bits per heavy atom. The van der Waals surface area contributed by atoms with E-state index in [1.807, 2.05) is 32.0 Å². The van der Waals surface area contributed by atoms with Gasteiger partial charge < -0.3 is 10.1 Å². The van der Waals surface area contributed by atoms with E-state index in [2.05, 4.69) is 20.5 Å². The van der Waals surface area contributed by atoms with Crippen LogP contribution in [0.3, 0.4) is 0 Å². The van der Waals surface area contributed by atoms with Crippen molar-refractivity contribution in [2.24, 2.45) is 0 Å². The monoisotopic (exact) mass is 326 g/mol. The lowest BCUT2D eigenvalue weighted by molar-refractivity contribution is 0.409. The molecule has 0 fully saturated rings. The molecule has 0 atom stereocenters. The number of H-pyrrole nitrogens is 1. The van der Waals surface area contributed by atoms with Crippen LogP contribution in [0, 0.1) is 19.7 Å². The number of methoxy groups -OCH3 is 1. The molecule has 0 unspecified atom stereocenters. The highest BCUT2D eigenvalue weighted by atomic mass is 19.1. The summed E-state index contributed by atoms with van der Waals surface area (Å²) < 4.78 is 18.8. The first kappa shape index (κ1) is 16.0. The van der Waals surface area contributed by atoms with Gasteiger partial charge in [-0.25, -0.2) is 9.37 Å². The first-order chi connectivity index (χ1) is 11.6. The number of ether oxygens (including phenoxy) is 1. The Bertz CT molecular complexity index is 860. The zero-order valence-corrected chi connectivity index (χ0v) is 13.9. The van der Waals surface area contributed by atoms with E-state index in [0.29, 0.717) is 18.1 Å². The largest absolute Gasteiger partial charge is 0.496 e. The van der Waals surface area contributed by atoms with E-state index in [0.717, 1.165) is 28.2 Å². The fourth-order valence-electron chi connectivity index (χ4n) is 2.50. The van der Waals surface area contributed by atoms with Gasteiger partial charge in [-0.15, -0.1) is 0 Å². The van der Waals surface area contributed by atoms with E-state index in [4.69, 9.17) is 4.74 Å². The van der Waals surface area contributed by atoms with Gasteiger partial charge in [-0.1, -0.05) is 12.1 Å². The maximum atomic E-state index is 13.5. The Labute approximate surface area is 139 Å². The molecule has 2 N–H and O–H groups in total. The van der Waals surface area contributed by atoms with Crippen molar-refractivity contribution < 1.29 is 9.13 Å². The lowest BCUT2D eigenvalue weighted by Crippen LogP contribution is -2.04. The van der Waals surface area contributed by atoms with Crippen LogP contribution in [0.15, 0.2) is 36.4 Å². The van der Waals surface area contributed by atoms with Crippen LogP contribution in [0.4, 0.5) is 10.1 Å². The molecule has 0 aliphatic heterocycles. The zero-order chi connectivity index (χ0) is 17.1. The molecule has 124 valence electrons. The first-order valence-corrected chi connectivity index (χ1v) is 7.63. The van der Waals surface area contributed by atoms with Crippen molar-refractivity contribution in [3.8, 4) is 17.1 Å². The van der Waals surface area contributed by atoms with Crippen LogP contribution in [0.5, 0.6) is 5.75 Å². The van der Waals surface area contributed by atoms with Crippen molar-refractivity contribution in [1.82, 2.24) is 15.2 Å². The number of hydrogen-bond donors (Lipinski definition) is 2. The first-order valence-electron chi connectivity index (χ1n) is 7.63. The number of nitrogens with zero attached hydrogens (tertiary/aromatic N) is 2. The molecule has 2 aromatic carbocycles. The Kier molecular flexibility index (Phi) is 4.46. The quantitative estimate of drug-likeness (QED) is 0.747. The van der Waals surface area contributed by atoms with Crippen LogP contribution >= 0.6 is 0 Å². The highest BCUT2D eigenvalue weighted by Gasteiger charge is 2.09. The number of anilines is 1. The minimum atomic E-state index is -0.283. The minimum Gasteiger partial charge on any atom is -0.496 e. The number of hydrogen-bond acceptors (Lipinski definition) is 4. The number of rotatable bonds is 5. The van der Waals surface area contributed by atoms with E-state index < -0.39 is 0 Å². The molecular formula is C18H19FN4O. The smallest absolute Gasteiger partial charge is 0.181 e. The summed E-state index contributed by atoms with van der Waals surface area (Å²) in [6.45, 7) is 4.33. The van der Waals surface area contributed by atoms with Gasteiger partial charge in [0.15, 0.2) is 5.82 Å². The second-order valence-corrected chi connectivity index (χ2v) is 5.58. The summed E-state index contributed by atoms with van der Waals surface area (Å²) in [5.41, 5.74) is 3.71. The summed E-state index contributed by atoms with van der Waals surface area (Å²) in [6, 6.07) is 10.5. The van der Waals surface area contributed by atoms with E-state index in [-0.39, 0.29) is 5.82 Å². The van der Waals surface area contributed by atoms with Gasteiger partial charge >= 0.3 is 0 Å². The molecule has 1 heterocycles. The number of aromatic amines is 1. The Morgan fingerprint density at radius 2 is 2.00 bits per heavy atom. The molecule has 0 saturated heterocycles. The summed E-state index contributed by atoms with van der Waals surface area (Å²) in [7, 11) is 1.58. The highest BCUT2D eigenvalue weighted by Crippen LogP contribution is 2.25. The van der Waals surface area contributed by atoms with Gasteiger partial charge in [0, 0.05) is 23.4 Å². The molecule has 24 heavy (non-hydrogen) atoms. The second kappa shape index (κ2) is 6.70. The van der Waals surface area contributed by atoms with Gasteiger partial charge in [0.1, 0.15) is 17.4 Å². The van der Waals surface area contributed by atoms with E-state index in [9.17, 15) is 4.39 Å². The third-order valence-electron chi connectivity index (χ3n) is 3.80. The average Bonchev–Trinajstić information content (AvgIpc) is 3.00. The molecule has 6 heteroatoms. The molecule has 0 bridgehead atoms. The molecular weight excluding hydrogens is 307 g/mol. The molecule has 1 aromatic heterocycles.